The van der Waals surface area contributed by atoms with Crippen molar-refractivity contribution in [2.24, 2.45) is 0 Å². The molecule has 2 aliphatic heterocycles. The van der Waals surface area contributed by atoms with E-state index in [0.717, 1.165) is 0 Å². The van der Waals surface area contributed by atoms with Gasteiger partial charge in [0.05, 0.1) is 19.8 Å². The second-order valence-electron chi connectivity index (χ2n) is 7.97. The van der Waals surface area contributed by atoms with Crippen LogP contribution in [0.4, 0.5) is 0 Å². The van der Waals surface area contributed by atoms with Gasteiger partial charge < -0.3 is 79.9 Å². The molecule has 0 spiro atoms. The first-order valence-corrected chi connectivity index (χ1v) is 10.4. The molecule has 16 heteroatoms. The molecule has 0 aromatic rings. The summed E-state index contributed by atoms with van der Waals surface area (Å²) in [6.07, 6.45) is -25.4. The summed E-state index contributed by atoms with van der Waals surface area (Å²) in [6.45, 7) is -2.64. The van der Waals surface area contributed by atoms with E-state index in [1.54, 1.807) is 0 Å². The van der Waals surface area contributed by atoms with Gasteiger partial charge in [0.1, 0.15) is 73.2 Å². The van der Waals surface area contributed by atoms with Crippen molar-refractivity contribution < 1.29 is 79.9 Å². The summed E-state index contributed by atoms with van der Waals surface area (Å²) in [4.78, 5) is 10.8. The first kappa shape index (κ1) is 29.3. The molecule has 14 atom stereocenters. The molecule has 200 valence electrons. The Bertz CT molecular complexity index is 621. The largest absolute Gasteiger partial charge is 0.394 e. The quantitative estimate of drug-likeness (QED) is 0.117. The summed E-state index contributed by atoms with van der Waals surface area (Å²) >= 11 is 0. The molecule has 34 heavy (non-hydrogen) atoms. The zero-order valence-corrected chi connectivity index (χ0v) is 17.7. The molecule has 0 amide bonds. The van der Waals surface area contributed by atoms with Crippen LogP contribution in [0.2, 0.25) is 0 Å². The maximum Gasteiger partial charge on any atom is 0.187 e. The molecule has 2 heterocycles. The average Bonchev–Trinajstić information content (AvgIpc) is 2.84. The highest BCUT2D eigenvalue weighted by atomic mass is 16.7. The van der Waals surface area contributed by atoms with Gasteiger partial charge in [-0.3, -0.25) is 0 Å². The van der Waals surface area contributed by atoms with Crippen molar-refractivity contribution in [1.29, 1.82) is 0 Å². The summed E-state index contributed by atoms with van der Waals surface area (Å²) in [5.41, 5.74) is 0. The monoisotopic (exact) mass is 504 g/mol. The highest BCUT2D eigenvalue weighted by Gasteiger charge is 2.51. The van der Waals surface area contributed by atoms with Gasteiger partial charge >= 0.3 is 0 Å². The first-order chi connectivity index (χ1) is 16.0. The molecule has 11 N–H and O–H groups in total. The van der Waals surface area contributed by atoms with Crippen LogP contribution in [0.15, 0.2) is 0 Å². The topological polar surface area (TPSA) is 277 Å². The van der Waals surface area contributed by atoms with Crippen molar-refractivity contribution in [3.8, 4) is 0 Å². The Morgan fingerprint density at radius 3 is 1.85 bits per heavy atom. The van der Waals surface area contributed by atoms with Gasteiger partial charge in [-0.05, 0) is 0 Å². The van der Waals surface area contributed by atoms with Crippen molar-refractivity contribution in [1.82, 2.24) is 0 Å². The Labute approximate surface area is 192 Å². The zero-order valence-electron chi connectivity index (χ0n) is 17.7. The van der Waals surface area contributed by atoms with E-state index in [1.165, 1.54) is 0 Å². The van der Waals surface area contributed by atoms with E-state index in [1.807, 2.05) is 0 Å². The van der Waals surface area contributed by atoms with Gasteiger partial charge in [0.25, 0.3) is 0 Å². The van der Waals surface area contributed by atoms with Crippen LogP contribution in [-0.4, -0.2) is 168 Å². The number of aldehydes is 1. The second kappa shape index (κ2) is 12.9. The predicted molar refractivity (Wildman–Crippen MR) is 102 cm³/mol. The third-order valence-corrected chi connectivity index (χ3v) is 5.64. The van der Waals surface area contributed by atoms with Crippen molar-refractivity contribution in [2.45, 2.75) is 85.8 Å². The van der Waals surface area contributed by atoms with Gasteiger partial charge in [-0.15, -0.1) is 0 Å². The number of hydrogen-bond acceptors (Lipinski definition) is 16. The molecule has 0 bridgehead atoms. The number of aliphatic hydroxyl groups excluding tert-OH is 11. The number of hydrogen-bond donors (Lipinski definition) is 11. The number of carbonyl (C=O) groups excluding carboxylic acids is 1. The molecule has 0 aliphatic carbocycles. The maximum absolute atomic E-state index is 10.8. The third kappa shape index (κ3) is 6.25. The summed E-state index contributed by atoms with van der Waals surface area (Å²) in [7, 11) is 0. The number of carbonyl (C=O) groups is 1. The number of rotatable bonds is 11. The minimum Gasteiger partial charge on any atom is -0.394 e. The molecule has 0 aromatic heterocycles. The molecule has 0 radical (unpaired) electrons. The van der Waals surface area contributed by atoms with Crippen LogP contribution >= 0.6 is 0 Å². The van der Waals surface area contributed by atoms with E-state index in [-0.39, 0.29) is 6.29 Å². The summed E-state index contributed by atoms with van der Waals surface area (Å²) < 4.78 is 21.1. The molecular formula is C18H32O16. The smallest absolute Gasteiger partial charge is 0.187 e. The Kier molecular flexibility index (Phi) is 11.1. The normalized spacial score (nSPS) is 42.6. The predicted octanol–water partition coefficient (Wildman–Crippen LogP) is -7.73. The van der Waals surface area contributed by atoms with Crippen LogP contribution in [0.1, 0.15) is 0 Å². The van der Waals surface area contributed by atoms with Crippen molar-refractivity contribution in [3.63, 3.8) is 0 Å². The van der Waals surface area contributed by atoms with Gasteiger partial charge in [-0.25, -0.2) is 0 Å². The number of ether oxygens (including phenoxy) is 4. The van der Waals surface area contributed by atoms with E-state index in [0.29, 0.717) is 0 Å². The lowest BCUT2D eigenvalue weighted by Crippen LogP contribution is -2.65. The molecule has 2 fully saturated rings. The Morgan fingerprint density at radius 1 is 0.765 bits per heavy atom. The van der Waals surface area contributed by atoms with E-state index in [2.05, 4.69) is 0 Å². The van der Waals surface area contributed by atoms with Crippen LogP contribution in [0.5, 0.6) is 0 Å². The van der Waals surface area contributed by atoms with Gasteiger partial charge in [-0.2, -0.15) is 0 Å². The Balaban J connectivity index is 2.17. The average molecular weight is 504 g/mol. The van der Waals surface area contributed by atoms with Gasteiger partial charge in [0, 0.05) is 0 Å². The summed E-state index contributed by atoms with van der Waals surface area (Å²) in [5, 5.41) is 108. The fourth-order valence-corrected chi connectivity index (χ4v) is 3.60. The maximum atomic E-state index is 10.8. The van der Waals surface area contributed by atoms with Crippen LogP contribution in [0.3, 0.4) is 0 Å². The highest BCUT2D eigenvalue weighted by molar-refractivity contribution is 5.56. The molecule has 0 unspecified atom stereocenters. The molecule has 0 saturated carbocycles. The standard InChI is InChI=1S/C18H32O16/c19-1-5(23)9(25)15(6(24)2-20)33-18-14(30)12(28)16(8(4-22)32-18)34-17-13(29)11(27)10(26)7(3-21)31-17/h1,5-18,20-30H,2-4H2/t5-,6+,7+,8+,9+,10+,11-,12+,13+,14+,15-,16+,17+,18+/m0/s1. The fraction of sp³-hybridized carbons (Fsp3) is 0.944. The molecule has 2 rings (SSSR count). The Morgan fingerprint density at radius 2 is 1.32 bits per heavy atom. The minimum absolute atomic E-state index is 0.0704. The SMILES string of the molecule is O=C[C@H](O)[C@@H](O)[C@@H](O[C@H]1O[C@H](CO)[C@@H](O[C@H]2O[C@H](CO)[C@@H](O)[C@H](O)[C@H]2O)[C@H](O)[C@H]1O)[C@H](O)CO. The zero-order chi connectivity index (χ0) is 25.7. The summed E-state index contributed by atoms with van der Waals surface area (Å²) in [6, 6.07) is 0. The molecule has 2 saturated heterocycles. The van der Waals surface area contributed by atoms with Crippen LogP contribution in [0, 0.1) is 0 Å². The van der Waals surface area contributed by atoms with Gasteiger partial charge in [-0.1, -0.05) is 0 Å². The van der Waals surface area contributed by atoms with Crippen LogP contribution in [0.25, 0.3) is 0 Å². The van der Waals surface area contributed by atoms with Gasteiger partial charge in [0.2, 0.25) is 0 Å². The lowest BCUT2D eigenvalue weighted by Gasteiger charge is -2.46. The third-order valence-electron chi connectivity index (χ3n) is 5.64. The van der Waals surface area contributed by atoms with E-state index in [9.17, 15) is 55.9 Å². The molecule has 0 aromatic carbocycles. The minimum atomic E-state index is -2.08. The van der Waals surface area contributed by atoms with Crippen LogP contribution in [-0.2, 0) is 23.7 Å². The Hall–Kier alpha value is -0.930. The van der Waals surface area contributed by atoms with Crippen LogP contribution < -0.4 is 0 Å². The van der Waals surface area contributed by atoms with Gasteiger partial charge in [0.15, 0.2) is 18.9 Å². The van der Waals surface area contributed by atoms with E-state index < -0.39 is 106 Å². The molecule has 16 nitrogen and oxygen atoms in total. The van der Waals surface area contributed by atoms with Crippen molar-refractivity contribution in [3.05, 3.63) is 0 Å². The lowest BCUT2D eigenvalue weighted by molar-refractivity contribution is -0.367. The van der Waals surface area contributed by atoms with E-state index >= 15 is 0 Å². The lowest BCUT2D eigenvalue weighted by atomic mass is 9.96. The number of aliphatic hydroxyl groups is 11. The highest BCUT2D eigenvalue weighted by Crippen LogP contribution is 2.30. The first-order valence-electron chi connectivity index (χ1n) is 10.4. The van der Waals surface area contributed by atoms with Crippen molar-refractivity contribution >= 4 is 6.29 Å². The molecule has 2 aliphatic rings. The fourth-order valence-electron chi connectivity index (χ4n) is 3.60. The van der Waals surface area contributed by atoms with E-state index in [4.69, 9.17) is 24.1 Å². The molecular weight excluding hydrogens is 472 g/mol. The summed E-state index contributed by atoms with van der Waals surface area (Å²) in [5.74, 6) is 0. The van der Waals surface area contributed by atoms with Crippen molar-refractivity contribution in [2.75, 3.05) is 19.8 Å². The second-order valence-corrected chi connectivity index (χ2v) is 7.97.